The monoisotopic (exact) mass is 320 g/mol. The Morgan fingerprint density at radius 1 is 1.08 bits per heavy atom. The first-order valence-electron chi connectivity index (χ1n) is 8.80. The van der Waals surface area contributed by atoms with Crippen molar-refractivity contribution in [2.24, 2.45) is 0 Å². The van der Waals surface area contributed by atoms with Crippen LogP contribution in [0.25, 0.3) is 16.6 Å². The smallest absolute Gasteiger partial charge is 0.0882 e. The van der Waals surface area contributed by atoms with Gasteiger partial charge in [0.2, 0.25) is 0 Å². The van der Waals surface area contributed by atoms with Gasteiger partial charge in [0, 0.05) is 18.0 Å². The molecule has 4 heteroatoms. The largest absolute Gasteiger partial charge is 0.397 e. The standard InChI is InChI=1S/C20H24N4/c1-2-23-11-8-17(9-12-23)15-3-5-16(6-4-15)18-13-20-19(21)7-10-22-24(20)14-18/h3-7,10,13-14,17H,2,8-9,11-12,21H2,1H3. The van der Waals surface area contributed by atoms with Crippen molar-refractivity contribution in [3.05, 3.63) is 54.4 Å². The summed E-state index contributed by atoms with van der Waals surface area (Å²) in [5.41, 5.74) is 11.6. The summed E-state index contributed by atoms with van der Waals surface area (Å²) < 4.78 is 1.85. The van der Waals surface area contributed by atoms with E-state index >= 15 is 0 Å². The average molecular weight is 320 g/mol. The van der Waals surface area contributed by atoms with Gasteiger partial charge >= 0.3 is 0 Å². The van der Waals surface area contributed by atoms with Gasteiger partial charge in [0.15, 0.2) is 0 Å². The number of aromatic nitrogens is 2. The van der Waals surface area contributed by atoms with E-state index in [9.17, 15) is 0 Å². The minimum absolute atomic E-state index is 0.701. The van der Waals surface area contributed by atoms with Gasteiger partial charge in [-0.2, -0.15) is 5.10 Å². The third-order valence-corrected chi connectivity index (χ3v) is 5.29. The molecule has 1 aromatic carbocycles. The number of nitrogen functional groups attached to an aromatic ring is 1. The number of anilines is 1. The number of rotatable bonds is 3. The van der Waals surface area contributed by atoms with E-state index in [2.05, 4.69) is 47.3 Å². The van der Waals surface area contributed by atoms with E-state index in [1.807, 2.05) is 16.8 Å². The maximum atomic E-state index is 6.03. The molecule has 2 N–H and O–H groups in total. The summed E-state index contributed by atoms with van der Waals surface area (Å²) in [5, 5.41) is 4.33. The molecule has 0 unspecified atom stereocenters. The number of likely N-dealkylation sites (tertiary alicyclic amines) is 1. The third-order valence-electron chi connectivity index (χ3n) is 5.29. The van der Waals surface area contributed by atoms with E-state index in [4.69, 9.17) is 5.73 Å². The SMILES string of the molecule is CCN1CCC(c2ccc(-c3cc4c(N)ccnn4c3)cc2)CC1. The van der Waals surface area contributed by atoms with Crippen LogP contribution in [0.4, 0.5) is 5.69 Å². The Morgan fingerprint density at radius 2 is 1.83 bits per heavy atom. The number of piperidine rings is 1. The van der Waals surface area contributed by atoms with Gasteiger partial charge in [-0.3, -0.25) is 0 Å². The first-order chi connectivity index (χ1) is 11.7. The molecule has 1 fully saturated rings. The van der Waals surface area contributed by atoms with Crippen molar-refractivity contribution >= 4 is 11.2 Å². The van der Waals surface area contributed by atoms with Crippen LogP contribution < -0.4 is 5.73 Å². The quantitative estimate of drug-likeness (QED) is 0.799. The molecule has 2 aromatic heterocycles. The van der Waals surface area contributed by atoms with Gasteiger partial charge in [-0.05, 0) is 61.7 Å². The number of nitrogens with zero attached hydrogens (tertiary/aromatic N) is 3. The number of benzene rings is 1. The summed E-state index contributed by atoms with van der Waals surface area (Å²) >= 11 is 0. The molecule has 0 amide bonds. The van der Waals surface area contributed by atoms with E-state index < -0.39 is 0 Å². The Balaban J connectivity index is 1.56. The van der Waals surface area contributed by atoms with Crippen LogP contribution in [0.3, 0.4) is 0 Å². The lowest BCUT2D eigenvalue weighted by atomic mass is 9.88. The summed E-state index contributed by atoms with van der Waals surface area (Å²) in [6.07, 6.45) is 6.31. The Bertz CT molecular complexity index is 826. The predicted octanol–water partition coefficient (Wildman–Crippen LogP) is 3.78. The Morgan fingerprint density at radius 3 is 2.50 bits per heavy atom. The zero-order valence-corrected chi connectivity index (χ0v) is 14.2. The highest BCUT2D eigenvalue weighted by atomic mass is 15.2. The van der Waals surface area contributed by atoms with Gasteiger partial charge in [-0.25, -0.2) is 4.52 Å². The van der Waals surface area contributed by atoms with Gasteiger partial charge in [-0.1, -0.05) is 31.2 Å². The van der Waals surface area contributed by atoms with Crippen molar-refractivity contribution in [3.8, 4) is 11.1 Å². The lowest BCUT2D eigenvalue weighted by Gasteiger charge is -2.31. The Kier molecular flexibility index (Phi) is 3.98. The molecule has 0 atom stereocenters. The van der Waals surface area contributed by atoms with Crippen LogP contribution in [0.5, 0.6) is 0 Å². The molecule has 0 radical (unpaired) electrons. The number of hydrogen-bond donors (Lipinski definition) is 1. The molecule has 3 heterocycles. The van der Waals surface area contributed by atoms with Crippen molar-refractivity contribution < 1.29 is 0 Å². The summed E-state index contributed by atoms with van der Waals surface area (Å²) in [4.78, 5) is 2.54. The predicted molar refractivity (Wildman–Crippen MR) is 99.1 cm³/mol. The fourth-order valence-corrected chi connectivity index (χ4v) is 3.72. The van der Waals surface area contributed by atoms with Gasteiger partial charge < -0.3 is 10.6 Å². The highest BCUT2D eigenvalue weighted by molar-refractivity contribution is 5.77. The third kappa shape index (κ3) is 2.78. The van der Waals surface area contributed by atoms with Crippen molar-refractivity contribution in [1.29, 1.82) is 0 Å². The molecule has 1 aliphatic rings. The molecule has 24 heavy (non-hydrogen) atoms. The van der Waals surface area contributed by atoms with Gasteiger partial charge in [0.1, 0.15) is 0 Å². The zero-order valence-electron chi connectivity index (χ0n) is 14.2. The topological polar surface area (TPSA) is 46.6 Å². The maximum absolute atomic E-state index is 6.03. The normalized spacial score (nSPS) is 16.7. The van der Waals surface area contributed by atoms with Crippen LogP contribution in [0, 0.1) is 0 Å². The van der Waals surface area contributed by atoms with E-state index in [1.165, 1.54) is 43.6 Å². The van der Waals surface area contributed by atoms with Crippen molar-refractivity contribution in [2.45, 2.75) is 25.7 Å². The summed E-state index contributed by atoms with van der Waals surface area (Å²) in [7, 11) is 0. The molecule has 124 valence electrons. The summed E-state index contributed by atoms with van der Waals surface area (Å²) in [5.74, 6) is 0.701. The molecule has 4 rings (SSSR count). The van der Waals surface area contributed by atoms with E-state index in [1.54, 1.807) is 6.20 Å². The highest BCUT2D eigenvalue weighted by Crippen LogP contribution is 2.30. The highest BCUT2D eigenvalue weighted by Gasteiger charge is 2.19. The van der Waals surface area contributed by atoms with Crippen LogP contribution in [0.2, 0.25) is 0 Å². The molecule has 1 saturated heterocycles. The van der Waals surface area contributed by atoms with Crippen LogP contribution in [-0.4, -0.2) is 34.1 Å². The fourth-order valence-electron chi connectivity index (χ4n) is 3.72. The first-order valence-corrected chi connectivity index (χ1v) is 8.80. The molecular weight excluding hydrogens is 296 g/mol. The minimum Gasteiger partial charge on any atom is -0.397 e. The minimum atomic E-state index is 0.701. The maximum Gasteiger partial charge on any atom is 0.0882 e. The molecule has 0 spiro atoms. The van der Waals surface area contributed by atoms with Gasteiger partial charge in [0.05, 0.1) is 11.2 Å². The number of fused-ring (bicyclic) bond motifs is 1. The molecule has 0 saturated carbocycles. The molecule has 1 aliphatic heterocycles. The Hall–Kier alpha value is -2.33. The van der Waals surface area contributed by atoms with Crippen molar-refractivity contribution in [3.63, 3.8) is 0 Å². The summed E-state index contributed by atoms with van der Waals surface area (Å²) in [6, 6.07) is 13.0. The molecular formula is C20H24N4. The second kappa shape index (κ2) is 6.29. The molecule has 4 nitrogen and oxygen atoms in total. The van der Waals surface area contributed by atoms with Gasteiger partial charge in [-0.15, -0.1) is 0 Å². The van der Waals surface area contributed by atoms with E-state index in [0.717, 1.165) is 16.8 Å². The lowest BCUT2D eigenvalue weighted by molar-refractivity contribution is 0.222. The number of hydrogen-bond acceptors (Lipinski definition) is 3. The van der Waals surface area contributed by atoms with E-state index in [0.29, 0.717) is 5.92 Å². The van der Waals surface area contributed by atoms with Gasteiger partial charge in [0.25, 0.3) is 0 Å². The molecule has 0 aliphatic carbocycles. The first kappa shape index (κ1) is 15.2. The molecule has 3 aromatic rings. The second-order valence-corrected chi connectivity index (χ2v) is 6.68. The average Bonchev–Trinajstić information content (AvgIpc) is 3.08. The van der Waals surface area contributed by atoms with Crippen LogP contribution in [-0.2, 0) is 0 Å². The molecule has 0 bridgehead atoms. The second-order valence-electron chi connectivity index (χ2n) is 6.68. The Labute approximate surface area is 142 Å². The summed E-state index contributed by atoms with van der Waals surface area (Å²) in [6.45, 7) is 5.86. The van der Waals surface area contributed by atoms with Crippen molar-refractivity contribution in [2.75, 3.05) is 25.4 Å². The fraction of sp³-hybridized carbons (Fsp3) is 0.350. The van der Waals surface area contributed by atoms with Crippen LogP contribution in [0.15, 0.2) is 48.8 Å². The van der Waals surface area contributed by atoms with Crippen molar-refractivity contribution in [1.82, 2.24) is 14.5 Å². The number of nitrogens with two attached hydrogens (primary N) is 1. The lowest BCUT2D eigenvalue weighted by Crippen LogP contribution is -2.32. The van der Waals surface area contributed by atoms with Crippen LogP contribution in [0.1, 0.15) is 31.2 Å². The van der Waals surface area contributed by atoms with Crippen LogP contribution >= 0.6 is 0 Å². The zero-order chi connectivity index (χ0) is 16.5. The van der Waals surface area contributed by atoms with E-state index in [-0.39, 0.29) is 0 Å².